The van der Waals surface area contributed by atoms with E-state index in [1.807, 2.05) is 10.6 Å². The van der Waals surface area contributed by atoms with Gasteiger partial charge in [-0.25, -0.2) is 14.6 Å². The highest BCUT2D eigenvalue weighted by Gasteiger charge is 2.37. The number of pyridine rings is 1. The van der Waals surface area contributed by atoms with Gasteiger partial charge in [0.15, 0.2) is 5.65 Å². The Kier molecular flexibility index (Phi) is 4.93. The van der Waals surface area contributed by atoms with Crippen LogP contribution in [0.2, 0.25) is 0 Å². The van der Waals surface area contributed by atoms with Gasteiger partial charge < -0.3 is 0 Å². The maximum atomic E-state index is 13.1. The number of nitrogens with zero attached hydrogens (tertiary/aromatic N) is 6. The molecule has 1 aliphatic heterocycles. The Morgan fingerprint density at radius 1 is 1.10 bits per heavy atom. The van der Waals surface area contributed by atoms with Gasteiger partial charge >= 0.3 is 0 Å². The van der Waals surface area contributed by atoms with E-state index in [0.717, 1.165) is 49.9 Å². The Morgan fingerprint density at radius 3 is 2.83 bits per heavy atom. The third kappa shape index (κ3) is 3.72. The molecular formula is C21H24N6O2. The van der Waals surface area contributed by atoms with Crippen molar-refractivity contribution in [3.8, 4) is 0 Å². The maximum Gasteiger partial charge on any atom is 0.249 e. The number of aromatic nitrogens is 5. The predicted molar refractivity (Wildman–Crippen MR) is 104 cm³/mol. The molecule has 0 radical (unpaired) electrons. The largest absolute Gasteiger partial charge is 0.272 e. The van der Waals surface area contributed by atoms with Gasteiger partial charge in [0.05, 0.1) is 18.5 Å². The minimum Gasteiger partial charge on any atom is -0.272 e. The zero-order valence-corrected chi connectivity index (χ0v) is 16.2. The van der Waals surface area contributed by atoms with E-state index in [2.05, 4.69) is 32.3 Å². The van der Waals surface area contributed by atoms with Crippen LogP contribution in [0.3, 0.4) is 0 Å². The van der Waals surface area contributed by atoms with Gasteiger partial charge in [-0.05, 0) is 49.7 Å². The van der Waals surface area contributed by atoms with Crippen LogP contribution in [0, 0.1) is 11.8 Å². The molecule has 29 heavy (non-hydrogen) atoms. The van der Waals surface area contributed by atoms with Crippen molar-refractivity contribution in [1.29, 1.82) is 0 Å². The van der Waals surface area contributed by atoms with E-state index < -0.39 is 0 Å². The standard InChI is InChI=1S/C21H24N6O2/c28-21(27-19(7-10-29-27)18-12-22-8-9-23-18)17-4-1-15(2-5-17)11-16-3-6-20-24-14-25-26(20)13-16/h3,6,8-9,12-15,17,19H,1-2,4-5,7,10-11H2/t15-,17-,19-/m0/s1. The molecular weight excluding hydrogens is 368 g/mol. The summed E-state index contributed by atoms with van der Waals surface area (Å²) in [7, 11) is 0. The minimum absolute atomic E-state index is 0.0290. The summed E-state index contributed by atoms with van der Waals surface area (Å²) in [5.41, 5.74) is 2.94. The van der Waals surface area contributed by atoms with Crippen molar-refractivity contribution < 1.29 is 9.63 Å². The molecule has 5 rings (SSSR count). The molecule has 1 saturated carbocycles. The lowest BCUT2D eigenvalue weighted by molar-refractivity contribution is -0.183. The molecule has 2 fully saturated rings. The van der Waals surface area contributed by atoms with Gasteiger partial charge in [0.1, 0.15) is 12.4 Å². The van der Waals surface area contributed by atoms with Crippen LogP contribution < -0.4 is 0 Å². The van der Waals surface area contributed by atoms with Crippen molar-refractivity contribution in [3.05, 3.63) is 54.5 Å². The molecule has 0 aromatic carbocycles. The predicted octanol–water partition coefficient (Wildman–Crippen LogP) is 2.77. The number of carbonyl (C=O) groups is 1. The quantitative estimate of drug-likeness (QED) is 0.679. The fourth-order valence-electron chi connectivity index (χ4n) is 4.54. The van der Waals surface area contributed by atoms with E-state index in [-0.39, 0.29) is 17.9 Å². The number of fused-ring (bicyclic) bond motifs is 1. The fourth-order valence-corrected chi connectivity index (χ4v) is 4.54. The van der Waals surface area contributed by atoms with Gasteiger partial charge in [0.25, 0.3) is 0 Å². The van der Waals surface area contributed by atoms with Crippen molar-refractivity contribution in [2.75, 3.05) is 6.61 Å². The summed E-state index contributed by atoms with van der Waals surface area (Å²) in [5.74, 6) is 0.720. The molecule has 0 spiro atoms. The number of hydrogen-bond donors (Lipinski definition) is 0. The van der Waals surface area contributed by atoms with Crippen LogP contribution in [0.15, 0.2) is 43.2 Å². The van der Waals surface area contributed by atoms with Gasteiger partial charge in [-0.3, -0.25) is 19.6 Å². The monoisotopic (exact) mass is 392 g/mol. The smallest absolute Gasteiger partial charge is 0.249 e. The molecule has 1 amide bonds. The topological polar surface area (TPSA) is 85.5 Å². The summed E-state index contributed by atoms with van der Waals surface area (Å²) >= 11 is 0. The molecule has 4 heterocycles. The van der Waals surface area contributed by atoms with Crippen LogP contribution in [-0.4, -0.2) is 42.1 Å². The minimum atomic E-state index is -0.122. The lowest BCUT2D eigenvalue weighted by Gasteiger charge is -2.31. The first-order valence-corrected chi connectivity index (χ1v) is 10.3. The first-order chi connectivity index (χ1) is 14.3. The van der Waals surface area contributed by atoms with Gasteiger partial charge in [-0.15, -0.1) is 0 Å². The van der Waals surface area contributed by atoms with Gasteiger partial charge in [-0.1, -0.05) is 6.07 Å². The Balaban J connectivity index is 1.19. The van der Waals surface area contributed by atoms with Crippen molar-refractivity contribution in [3.63, 3.8) is 0 Å². The van der Waals surface area contributed by atoms with Gasteiger partial charge in [-0.2, -0.15) is 5.10 Å². The van der Waals surface area contributed by atoms with Crippen molar-refractivity contribution >= 4 is 11.6 Å². The first-order valence-electron chi connectivity index (χ1n) is 10.3. The van der Waals surface area contributed by atoms with E-state index in [4.69, 9.17) is 4.84 Å². The highest BCUT2D eigenvalue weighted by atomic mass is 16.7. The number of hydrogen-bond acceptors (Lipinski definition) is 6. The molecule has 1 atom stereocenters. The molecule has 3 aromatic heterocycles. The van der Waals surface area contributed by atoms with E-state index in [9.17, 15) is 4.79 Å². The first kappa shape index (κ1) is 18.2. The molecule has 0 N–H and O–H groups in total. The highest BCUT2D eigenvalue weighted by molar-refractivity contribution is 5.78. The summed E-state index contributed by atoms with van der Waals surface area (Å²) in [4.78, 5) is 31.5. The Morgan fingerprint density at radius 2 is 2.00 bits per heavy atom. The molecule has 8 heteroatoms. The summed E-state index contributed by atoms with van der Waals surface area (Å²) in [6.07, 6.45) is 14.4. The second-order valence-corrected chi connectivity index (χ2v) is 7.95. The van der Waals surface area contributed by atoms with E-state index in [0.29, 0.717) is 12.5 Å². The molecule has 8 nitrogen and oxygen atoms in total. The second kappa shape index (κ2) is 7.87. The maximum absolute atomic E-state index is 13.1. The zero-order chi connectivity index (χ0) is 19.6. The van der Waals surface area contributed by atoms with Crippen LogP contribution in [0.1, 0.15) is 49.4 Å². The summed E-state index contributed by atoms with van der Waals surface area (Å²) in [6.45, 7) is 0.549. The molecule has 1 saturated heterocycles. The summed E-state index contributed by atoms with van der Waals surface area (Å²) in [5, 5.41) is 5.78. The van der Waals surface area contributed by atoms with Crippen LogP contribution in [0.4, 0.5) is 0 Å². The van der Waals surface area contributed by atoms with Crippen LogP contribution in [-0.2, 0) is 16.1 Å². The number of hydroxylamine groups is 2. The van der Waals surface area contributed by atoms with Crippen molar-refractivity contribution in [2.45, 2.75) is 44.6 Å². The Hall–Kier alpha value is -2.87. The molecule has 0 unspecified atom stereocenters. The van der Waals surface area contributed by atoms with Crippen LogP contribution >= 0.6 is 0 Å². The fraction of sp³-hybridized carbons (Fsp3) is 0.476. The van der Waals surface area contributed by atoms with Crippen LogP contribution in [0.25, 0.3) is 5.65 Å². The summed E-state index contributed by atoms with van der Waals surface area (Å²) < 4.78 is 1.82. The molecule has 3 aromatic rings. The van der Waals surface area contributed by atoms with Crippen molar-refractivity contribution in [2.24, 2.45) is 11.8 Å². The molecule has 150 valence electrons. The molecule has 2 aliphatic rings. The summed E-state index contributed by atoms with van der Waals surface area (Å²) in [6, 6.07) is 4.02. The average Bonchev–Trinajstić information content (AvgIpc) is 3.44. The highest BCUT2D eigenvalue weighted by Crippen LogP contribution is 2.36. The van der Waals surface area contributed by atoms with Gasteiger partial charge in [0, 0.05) is 30.9 Å². The number of rotatable bonds is 4. The zero-order valence-electron chi connectivity index (χ0n) is 16.2. The lowest BCUT2D eigenvalue weighted by Crippen LogP contribution is -2.37. The third-order valence-electron chi connectivity index (χ3n) is 6.10. The normalized spacial score (nSPS) is 24.8. The average molecular weight is 392 g/mol. The Bertz CT molecular complexity index is 983. The van der Waals surface area contributed by atoms with E-state index >= 15 is 0 Å². The van der Waals surface area contributed by atoms with E-state index in [1.165, 1.54) is 5.56 Å². The Labute approximate surface area is 168 Å². The second-order valence-electron chi connectivity index (χ2n) is 7.95. The molecule has 1 aliphatic carbocycles. The van der Waals surface area contributed by atoms with Crippen LogP contribution in [0.5, 0.6) is 0 Å². The third-order valence-corrected chi connectivity index (χ3v) is 6.10. The van der Waals surface area contributed by atoms with E-state index in [1.54, 1.807) is 30.0 Å². The number of carbonyl (C=O) groups excluding carboxylic acids is 1. The molecule has 0 bridgehead atoms. The SMILES string of the molecule is O=C([C@H]1CC[C@H](Cc2ccc3ncnn3c2)CC1)N1OCC[C@H]1c1cnccn1. The lowest BCUT2D eigenvalue weighted by atomic mass is 9.79. The number of amides is 1. The van der Waals surface area contributed by atoms with Crippen molar-refractivity contribution in [1.82, 2.24) is 29.6 Å². The van der Waals surface area contributed by atoms with Gasteiger partial charge in [0.2, 0.25) is 5.91 Å².